The molecule has 1 unspecified atom stereocenters. The Labute approximate surface area is 185 Å². The number of benzene rings is 1. The summed E-state index contributed by atoms with van der Waals surface area (Å²) in [5.74, 6) is 0.824. The minimum atomic E-state index is 0.0228. The number of hydrogen-bond acceptors (Lipinski definition) is 5. The fraction of sp³-hybridized carbons (Fsp3) is 0.682. The van der Waals surface area contributed by atoms with Crippen LogP contribution in [-0.4, -0.2) is 88.6 Å². The molecule has 30 heavy (non-hydrogen) atoms. The van der Waals surface area contributed by atoms with Gasteiger partial charge in [-0.1, -0.05) is 17.7 Å². The van der Waals surface area contributed by atoms with E-state index in [0.717, 1.165) is 82.7 Å². The quantitative estimate of drug-likeness (QED) is 0.311. The van der Waals surface area contributed by atoms with E-state index in [1.165, 1.54) is 5.69 Å². The fourth-order valence-electron chi connectivity index (χ4n) is 4.22. The number of aliphatic hydroxyl groups excluding tert-OH is 1. The van der Waals surface area contributed by atoms with Crippen molar-refractivity contribution in [3.63, 3.8) is 0 Å². The molecule has 8 heteroatoms. The van der Waals surface area contributed by atoms with Crippen molar-refractivity contribution in [3.05, 3.63) is 29.3 Å². The first-order valence-electron chi connectivity index (χ1n) is 11.0. The molecule has 0 radical (unpaired) electrons. The summed E-state index contributed by atoms with van der Waals surface area (Å²) in [7, 11) is 1.80. The van der Waals surface area contributed by atoms with Crippen LogP contribution in [0.25, 0.3) is 0 Å². The smallest absolute Gasteiger partial charge is 0.190 e. The third-order valence-corrected chi connectivity index (χ3v) is 6.41. The summed E-state index contributed by atoms with van der Waals surface area (Å²) in [5, 5.41) is 17.0. The minimum Gasteiger partial charge on any atom is -0.396 e. The van der Waals surface area contributed by atoms with E-state index in [1.54, 1.807) is 7.05 Å². The molecule has 0 spiro atoms. The van der Waals surface area contributed by atoms with Gasteiger partial charge in [0, 0.05) is 75.7 Å². The number of aliphatic imine (C=N–C) groups is 1. The first kappa shape index (κ1) is 23.1. The van der Waals surface area contributed by atoms with Crippen molar-refractivity contribution in [2.24, 2.45) is 10.4 Å². The Kier molecular flexibility index (Phi) is 9.05. The van der Waals surface area contributed by atoms with E-state index in [4.69, 9.17) is 16.3 Å². The maximum absolute atomic E-state index is 9.36. The molecule has 2 fully saturated rings. The van der Waals surface area contributed by atoms with Gasteiger partial charge in [0.2, 0.25) is 0 Å². The van der Waals surface area contributed by atoms with Crippen molar-refractivity contribution >= 4 is 23.2 Å². The highest BCUT2D eigenvalue weighted by Gasteiger charge is 2.34. The van der Waals surface area contributed by atoms with Gasteiger partial charge in [-0.2, -0.15) is 0 Å². The molecular weight excluding hydrogens is 402 g/mol. The third-order valence-electron chi connectivity index (χ3n) is 6.17. The van der Waals surface area contributed by atoms with Crippen molar-refractivity contribution in [1.29, 1.82) is 0 Å². The van der Waals surface area contributed by atoms with E-state index >= 15 is 0 Å². The molecule has 0 aliphatic carbocycles. The van der Waals surface area contributed by atoms with Gasteiger partial charge in [0.25, 0.3) is 0 Å². The van der Waals surface area contributed by atoms with Crippen LogP contribution in [0.4, 0.5) is 5.69 Å². The van der Waals surface area contributed by atoms with Gasteiger partial charge in [0.1, 0.15) is 0 Å². The van der Waals surface area contributed by atoms with Gasteiger partial charge >= 0.3 is 0 Å². The van der Waals surface area contributed by atoms with Crippen molar-refractivity contribution in [2.45, 2.75) is 19.3 Å². The zero-order chi connectivity index (χ0) is 21.2. The summed E-state index contributed by atoms with van der Waals surface area (Å²) in [6, 6.07) is 8.11. The average molecular weight is 438 g/mol. The van der Waals surface area contributed by atoms with Crippen LogP contribution >= 0.6 is 11.6 Å². The highest BCUT2D eigenvalue weighted by Crippen LogP contribution is 2.31. The topological polar surface area (TPSA) is 72.4 Å². The van der Waals surface area contributed by atoms with E-state index in [0.29, 0.717) is 6.61 Å². The maximum atomic E-state index is 9.36. The summed E-state index contributed by atoms with van der Waals surface area (Å²) >= 11 is 6.12. The molecule has 2 saturated heterocycles. The van der Waals surface area contributed by atoms with Gasteiger partial charge < -0.3 is 25.4 Å². The predicted molar refractivity (Wildman–Crippen MR) is 124 cm³/mol. The molecule has 3 rings (SSSR count). The van der Waals surface area contributed by atoms with E-state index in [2.05, 4.69) is 31.5 Å². The number of guanidine groups is 1. The lowest BCUT2D eigenvalue weighted by atomic mass is 9.84. The summed E-state index contributed by atoms with van der Waals surface area (Å²) in [6.07, 6.45) is 2.82. The van der Waals surface area contributed by atoms with Crippen molar-refractivity contribution < 1.29 is 9.84 Å². The molecule has 2 heterocycles. The van der Waals surface area contributed by atoms with Crippen LogP contribution in [0, 0.1) is 5.41 Å². The number of piperazine rings is 1. The number of anilines is 1. The molecule has 0 saturated carbocycles. The number of hydrogen-bond donors (Lipinski definition) is 3. The average Bonchev–Trinajstić information content (AvgIpc) is 3.22. The molecule has 2 aliphatic rings. The number of halogens is 1. The second-order valence-electron chi connectivity index (χ2n) is 8.29. The summed E-state index contributed by atoms with van der Waals surface area (Å²) in [5.41, 5.74) is 1.24. The van der Waals surface area contributed by atoms with Crippen molar-refractivity contribution in [1.82, 2.24) is 15.5 Å². The number of nitrogens with one attached hydrogen (secondary N) is 2. The van der Waals surface area contributed by atoms with E-state index in [1.807, 2.05) is 18.2 Å². The summed E-state index contributed by atoms with van der Waals surface area (Å²) in [4.78, 5) is 9.26. The van der Waals surface area contributed by atoms with Gasteiger partial charge in [-0.25, -0.2) is 0 Å². The van der Waals surface area contributed by atoms with Gasteiger partial charge in [-0.15, -0.1) is 0 Å². The maximum Gasteiger partial charge on any atom is 0.190 e. The summed E-state index contributed by atoms with van der Waals surface area (Å²) < 4.78 is 5.56. The number of ether oxygens (including phenoxy) is 1. The van der Waals surface area contributed by atoms with Gasteiger partial charge in [0.15, 0.2) is 5.96 Å². The van der Waals surface area contributed by atoms with Crippen molar-refractivity contribution in [2.75, 3.05) is 77.6 Å². The zero-order valence-electron chi connectivity index (χ0n) is 18.1. The normalized spacial score (nSPS) is 23.0. The van der Waals surface area contributed by atoms with E-state index in [9.17, 15) is 5.11 Å². The second-order valence-corrected chi connectivity index (χ2v) is 8.73. The molecule has 0 bridgehead atoms. The lowest BCUT2D eigenvalue weighted by Gasteiger charge is -2.36. The largest absolute Gasteiger partial charge is 0.396 e. The highest BCUT2D eigenvalue weighted by atomic mass is 35.5. The molecule has 2 aliphatic heterocycles. The molecular formula is C22H36ClN5O2. The molecule has 0 aromatic heterocycles. The molecule has 7 nitrogen and oxygen atoms in total. The Hall–Kier alpha value is -1.54. The van der Waals surface area contributed by atoms with Crippen LogP contribution in [0.3, 0.4) is 0 Å². The van der Waals surface area contributed by atoms with Crippen LogP contribution in [0.15, 0.2) is 29.3 Å². The molecule has 3 N–H and O–H groups in total. The number of rotatable bonds is 9. The molecule has 1 atom stereocenters. The van der Waals surface area contributed by atoms with Crippen molar-refractivity contribution in [3.8, 4) is 0 Å². The highest BCUT2D eigenvalue weighted by molar-refractivity contribution is 6.30. The minimum absolute atomic E-state index is 0.0228. The van der Waals surface area contributed by atoms with Gasteiger partial charge in [-0.05, 0) is 44.0 Å². The summed E-state index contributed by atoms with van der Waals surface area (Å²) in [6.45, 7) is 8.63. The lowest BCUT2D eigenvalue weighted by molar-refractivity contribution is 0.127. The molecule has 1 aromatic carbocycles. The standard InChI is InChI=1S/C22H36ClN5O2/c1-24-21(26-17-22(6-14-29)7-15-30-18-22)25-8-3-9-27-10-12-28(13-11-27)20-5-2-4-19(23)16-20/h2,4-5,16,29H,3,6-15,17-18H2,1H3,(H2,24,25,26). The lowest BCUT2D eigenvalue weighted by Crippen LogP contribution is -2.47. The van der Waals surface area contributed by atoms with Gasteiger partial charge in [0.05, 0.1) is 6.61 Å². The van der Waals surface area contributed by atoms with Crippen LogP contribution in [0.1, 0.15) is 19.3 Å². The fourth-order valence-corrected chi connectivity index (χ4v) is 4.40. The van der Waals surface area contributed by atoms with E-state index < -0.39 is 0 Å². The Morgan fingerprint density at radius 2 is 2.10 bits per heavy atom. The van der Waals surface area contributed by atoms with Gasteiger partial charge in [-0.3, -0.25) is 9.89 Å². The predicted octanol–water partition coefficient (Wildman–Crippen LogP) is 1.81. The Morgan fingerprint density at radius 3 is 2.77 bits per heavy atom. The third kappa shape index (κ3) is 6.74. The number of nitrogens with zero attached hydrogens (tertiary/aromatic N) is 3. The molecule has 1 aromatic rings. The van der Waals surface area contributed by atoms with E-state index in [-0.39, 0.29) is 12.0 Å². The molecule has 168 valence electrons. The van der Waals surface area contributed by atoms with Crippen LogP contribution < -0.4 is 15.5 Å². The SMILES string of the molecule is CN=C(NCCCN1CCN(c2cccc(Cl)c2)CC1)NCC1(CCO)CCOC1. The first-order chi connectivity index (χ1) is 14.6. The molecule has 0 amide bonds. The van der Waals surface area contributed by atoms with Crippen LogP contribution in [0.2, 0.25) is 5.02 Å². The Morgan fingerprint density at radius 1 is 1.27 bits per heavy atom. The Bertz CT molecular complexity index is 673. The number of aliphatic hydroxyl groups is 1. The zero-order valence-corrected chi connectivity index (χ0v) is 18.8. The van der Waals surface area contributed by atoms with Crippen LogP contribution in [-0.2, 0) is 4.74 Å². The monoisotopic (exact) mass is 437 g/mol. The first-order valence-corrected chi connectivity index (χ1v) is 11.4. The second kappa shape index (κ2) is 11.7. The van der Waals surface area contributed by atoms with Crippen LogP contribution in [0.5, 0.6) is 0 Å². The Balaban J connectivity index is 1.31.